The van der Waals surface area contributed by atoms with Crippen LogP contribution in [0.4, 0.5) is 4.39 Å². The normalized spacial score (nSPS) is 14.8. The Labute approximate surface area is 188 Å². The molecule has 1 unspecified atom stereocenters. The van der Waals surface area contributed by atoms with Crippen LogP contribution in [0.5, 0.6) is 17.2 Å². The summed E-state index contributed by atoms with van der Waals surface area (Å²) < 4.78 is 29.5. The lowest BCUT2D eigenvalue weighted by Gasteiger charge is -2.26. The second-order valence-electron chi connectivity index (χ2n) is 6.91. The first-order valence-electron chi connectivity index (χ1n) is 9.44. The minimum Gasteiger partial charge on any atom is -0.495 e. The van der Waals surface area contributed by atoms with E-state index in [0.29, 0.717) is 22.6 Å². The smallest absolute Gasteiger partial charge is 0.343 e. The number of ether oxygens (including phenoxy) is 3. The predicted molar refractivity (Wildman–Crippen MR) is 115 cm³/mol. The molecule has 0 fully saturated rings. The minimum atomic E-state index is -0.623. The highest BCUT2D eigenvalue weighted by atomic mass is 35.5. The van der Waals surface area contributed by atoms with Crippen molar-refractivity contribution in [2.75, 3.05) is 7.11 Å². The Bertz CT molecular complexity index is 1280. The number of halogens is 2. The van der Waals surface area contributed by atoms with Crippen molar-refractivity contribution in [2.24, 2.45) is 5.73 Å². The van der Waals surface area contributed by atoms with Crippen LogP contribution in [0.2, 0.25) is 5.02 Å². The standard InChI is InChI=1S/C24H16ClFN2O4/c1-30-20-9-4-14(10-19(20)25)24(29)31-16-7-8-17-21(11-16)32-23(28)18(12-27)22(17)13-2-5-15(26)6-3-13/h2-11,22H,28H2,1H3. The largest absolute Gasteiger partial charge is 0.495 e. The number of benzene rings is 3. The lowest BCUT2D eigenvalue weighted by molar-refractivity contribution is 0.0734. The van der Waals surface area contributed by atoms with Gasteiger partial charge in [-0.25, -0.2) is 9.18 Å². The Morgan fingerprint density at radius 2 is 1.91 bits per heavy atom. The second kappa shape index (κ2) is 8.61. The van der Waals surface area contributed by atoms with Crippen LogP contribution in [0.25, 0.3) is 0 Å². The summed E-state index contributed by atoms with van der Waals surface area (Å²) in [7, 11) is 1.48. The lowest BCUT2D eigenvalue weighted by Crippen LogP contribution is -2.21. The van der Waals surface area contributed by atoms with E-state index >= 15 is 0 Å². The van der Waals surface area contributed by atoms with E-state index in [9.17, 15) is 14.4 Å². The molecule has 1 aliphatic rings. The third-order valence-electron chi connectivity index (χ3n) is 4.99. The molecule has 3 aromatic carbocycles. The van der Waals surface area contributed by atoms with Crippen molar-refractivity contribution in [2.45, 2.75) is 5.92 Å². The molecule has 1 atom stereocenters. The van der Waals surface area contributed by atoms with E-state index in [4.69, 9.17) is 31.5 Å². The van der Waals surface area contributed by atoms with E-state index in [2.05, 4.69) is 6.07 Å². The number of nitrogens with zero attached hydrogens (tertiary/aromatic N) is 1. The Morgan fingerprint density at radius 1 is 1.16 bits per heavy atom. The molecule has 1 aliphatic heterocycles. The first-order valence-corrected chi connectivity index (χ1v) is 9.81. The number of allylic oxidation sites excluding steroid dienone is 1. The summed E-state index contributed by atoms with van der Waals surface area (Å²) in [5, 5.41) is 9.88. The maximum atomic E-state index is 13.4. The highest BCUT2D eigenvalue weighted by Crippen LogP contribution is 2.43. The third kappa shape index (κ3) is 3.96. The van der Waals surface area contributed by atoms with Crippen LogP contribution in [0.15, 0.2) is 72.1 Å². The van der Waals surface area contributed by atoms with Gasteiger partial charge in [0.05, 0.1) is 23.6 Å². The van der Waals surface area contributed by atoms with Crippen molar-refractivity contribution in [1.29, 1.82) is 5.26 Å². The zero-order valence-corrected chi connectivity index (χ0v) is 17.5. The predicted octanol–water partition coefficient (Wildman–Crippen LogP) is 4.93. The van der Waals surface area contributed by atoms with Crippen LogP contribution in [0.1, 0.15) is 27.4 Å². The van der Waals surface area contributed by atoms with Crippen LogP contribution in [-0.4, -0.2) is 13.1 Å². The molecule has 0 spiro atoms. The number of hydrogen-bond acceptors (Lipinski definition) is 6. The summed E-state index contributed by atoms with van der Waals surface area (Å²) in [6, 6.07) is 17.2. The summed E-state index contributed by atoms with van der Waals surface area (Å²) in [4.78, 5) is 12.5. The molecule has 8 heteroatoms. The SMILES string of the molecule is COc1ccc(C(=O)Oc2ccc3c(c2)OC(N)=C(C#N)C3c2ccc(F)cc2)cc1Cl. The fourth-order valence-electron chi connectivity index (χ4n) is 3.46. The number of nitriles is 1. The van der Waals surface area contributed by atoms with Crippen molar-refractivity contribution in [3.05, 3.63) is 99.7 Å². The monoisotopic (exact) mass is 450 g/mol. The number of carbonyl (C=O) groups excluding carboxylic acids is 1. The fourth-order valence-corrected chi connectivity index (χ4v) is 3.71. The molecule has 0 saturated heterocycles. The van der Waals surface area contributed by atoms with Crippen LogP contribution in [0, 0.1) is 17.1 Å². The zero-order chi connectivity index (χ0) is 22.8. The molecule has 0 amide bonds. The Balaban J connectivity index is 1.66. The van der Waals surface area contributed by atoms with Crippen molar-refractivity contribution >= 4 is 17.6 Å². The van der Waals surface area contributed by atoms with E-state index in [0.717, 1.165) is 0 Å². The van der Waals surface area contributed by atoms with Gasteiger partial charge in [0.15, 0.2) is 0 Å². The molecule has 0 aliphatic carbocycles. The van der Waals surface area contributed by atoms with Gasteiger partial charge in [0.2, 0.25) is 5.88 Å². The Hall–Kier alpha value is -4.02. The van der Waals surface area contributed by atoms with Gasteiger partial charge in [0, 0.05) is 11.6 Å². The van der Waals surface area contributed by atoms with Crippen LogP contribution in [-0.2, 0) is 0 Å². The number of carbonyl (C=O) groups is 1. The topological polar surface area (TPSA) is 94.6 Å². The van der Waals surface area contributed by atoms with E-state index in [1.54, 1.807) is 30.3 Å². The fraction of sp³-hybridized carbons (Fsp3) is 0.0833. The maximum absolute atomic E-state index is 13.4. The maximum Gasteiger partial charge on any atom is 0.343 e. The van der Waals surface area contributed by atoms with E-state index in [1.807, 2.05) is 0 Å². The van der Waals surface area contributed by atoms with Crippen molar-refractivity contribution < 1.29 is 23.4 Å². The number of methoxy groups -OCH3 is 1. The first-order chi connectivity index (χ1) is 15.4. The number of fused-ring (bicyclic) bond motifs is 1. The van der Waals surface area contributed by atoms with Gasteiger partial charge < -0.3 is 19.9 Å². The molecule has 1 heterocycles. The van der Waals surface area contributed by atoms with Crippen LogP contribution in [0.3, 0.4) is 0 Å². The average Bonchev–Trinajstić information content (AvgIpc) is 2.78. The molecule has 6 nitrogen and oxygen atoms in total. The van der Waals surface area contributed by atoms with Gasteiger partial charge >= 0.3 is 5.97 Å². The molecule has 0 radical (unpaired) electrons. The zero-order valence-electron chi connectivity index (χ0n) is 16.8. The highest BCUT2D eigenvalue weighted by Gasteiger charge is 2.31. The number of hydrogen-bond donors (Lipinski definition) is 1. The van der Waals surface area contributed by atoms with Crippen molar-refractivity contribution in [3.8, 4) is 23.3 Å². The van der Waals surface area contributed by atoms with Crippen LogP contribution < -0.4 is 19.9 Å². The number of nitrogens with two attached hydrogens (primary N) is 1. The molecule has 4 rings (SSSR count). The molecule has 32 heavy (non-hydrogen) atoms. The Morgan fingerprint density at radius 3 is 2.56 bits per heavy atom. The minimum absolute atomic E-state index is 0.0697. The summed E-state index contributed by atoms with van der Waals surface area (Å²) in [5.41, 5.74) is 7.73. The van der Waals surface area contributed by atoms with Gasteiger partial charge in [0.1, 0.15) is 34.7 Å². The molecule has 160 valence electrons. The van der Waals surface area contributed by atoms with Gasteiger partial charge in [-0.3, -0.25) is 0 Å². The number of rotatable bonds is 4. The highest BCUT2D eigenvalue weighted by molar-refractivity contribution is 6.32. The molecule has 0 saturated carbocycles. The van der Waals surface area contributed by atoms with Gasteiger partial charge in [-0.2, -0.15) is 5.26 Å². The molecule has 0 bridgehead atoms. The number of esters is 1. The lowest BCUT2D eigenvalue weighted by atomic mass is 9.83. The molecular weight excluding hydrogens is 435 g/mol. The summed E-state index contributed by atoms with van der Waals surface area (Å²) in [5.74, 6) is -0.651. The third-order valence-corrected chi connectivity index (χ3v) is 5.29. The van der Waals surface area contributed by atoms with E-state index in [1.165, 1.54) is 37.4 Å². The first kappa shape index (κ1) is 21.2. The van der Waals surface area contributed by atoms with Gasteiger partial charge in [-0.05, 0) is 42.0 Å². The molecular formula is C24H16ClFN2O4. The molecule has 0 aromatic heterocycles. The quantitative estimate of drug-likeness (QED) is 0.447. The summed E-state index contributed by atoms with van der Waals surface area (Å²) >= 11 is 6.08. The van der Waals surface area contributed by atoms with E-state index < -0.39 is 17.7 Å². The second-order valence-corrected chi connectivity index (χ2v) is 7.32. The van der Waals surface area contributed by atoms with Crippen molar-refractivity contribution in [1.82, 2.24) is 0 Å². The molecule has 3 aromatic rings. The van der Waals surface area contributed by atoms with E-state index in [-0.39, 0.29) is 27.8 Å². The van der Waals surface area contributed by atoms with Gasteiger partial charge in [-0.15, -0.1) is 0 Å². The Kier molecular flexibility index (Phi) is 5.71. The van der Waals surface area contributed by atoms with Crippen molar-refractivity contribution in [3.63, 3.8) is 0 Å². The van der Waals surface area contributed by atoms with Gasteiger partial charge in [-0.1, -0.05) is 29.8 Å². The molecule has 2 N–H and O–H groups in total. The summed E-state index contributed by atoms with van der Waals surface area (Å²) in [6.45, 7) is 0. The van der Waals surface area contributed by atoms with Gasteiger partial charge in [0.25, 0.3) is 0 Å². The summed E-state index contributed by atoms with van der Waals surface area (Å²) in [6.07, 6.45) is 0. The average molecular weight is 451 g/mol. The van der Waals surface area contributed by atoms with Crippen LogP contribution >= 0.6 is 11.6 Å².